The molecule has 0 heterocycles. The second kappa shape index (κ2) is 17.6. The molecular formula is C31H48N2O2. The lowest BCUT2D eigenvalue weighted by Crippen LogP contribution is -2.59. The fourth-order valence-corrected chi connectivity index (χ4v) is 3.89. The van der Waals surface area contributed by atoms with E-state index in [4.69, 9.17) is 0 Å². The van der Waals surface area contributed by atoms with Gasteiger partial charge in [0.1, 0.15) is 5.54 Å². The van der Waals surface area contributed by atoms with Crippen molar-refractivity contribution in [1.29, 1.82) is 0 Å². The number of aryl methyl sites for hydroxylation is 1. The van der Waals surface area contributed by atoms with Gasteiger partial charge < -0.3 is 10.2 Å². The quantitative estimate of drug-likeness (QED) is 0.230. The molecule has 0 aromatic heterocycles. The number of amides is 2. The summed E-state index contributed by atoms with van der Waals surface area (Å²) in [5.41, 5.74) is 1.47. The standard InChI is InChI=1S/C29H46N2O2.C2H2/c1-8-10-12-24(5)17-20-29(7,28(33)30-21-18-23(3)4)31(27(32)11-9-2)22-19-26-15-13-25(6)14-16-26;1-2/h9-10,12-16,23-24H,2,8,11,17-22H2,1,3-7H3,(H,30,33);1-2H/b12-10-;. The van der Waals surface area contributed by atoms with Crippen molar-refractivity contribution < 1.29 is 9.59 Å². The molecule has 0 aliphatic carbocycles. The summed E-state index contributed by atoms with van der Waals surface area (Å²) in [4.78, 5) is 28.6. The minimum Gasteiger partial charge on any atom is -0.354 e. The lowest BCUT2D eigenvalue weighted by molar-refractivity contribution is -0.147. The average molecular weight is 481 g/mol. The summed E-state index contributed by atoms with van der Waals surface area (Å²) in [6.45, 7) is 17.5. The second-order valence-electron chi connectivity index (χ2n) is 9.84. The lowest BCUT2D eigenvalue weighted by atomic mass is 9.87. The maximum atomic E-state index is 13.5. The number of hydrogen-bond acceptors (Lipinski definition) is 2. The van der Waals surface area contributed by atoms with Crippen LogP contribution in [0.5, 0.6) is 0 Å². The predicted octanol–water partition coefficient (Wildman–Crippen LogP) is 6.50. The predicted molar refractivity (Wildman–Crippen MR) is 150 cm³/mol. The summed E-state index contributed by atoms with van der Waals surface area (Å²) < 4.78 is 0. The molecule has 0 saturated heterocycles. The highest BCUT2D eigenvalue weighted by Gasteiger charge is 2.41. The summed E-state index contributed by atoms with van der Waals surface area (Å²) in [7, 11) is 0. The van der Waals surface area contributed by atoms with E-state index >= 15 is 0 Å². The molecule has 2 atom stereocenters. The summed E-state index contributed by atoms with van der Waals surface area (Å²) in [5.74, 6) is 0.753. The maximum absolute atomic E-state index is 13.5. The van der Waals surface area contributed by atoms with Gasteiger partial charge in [0.05, 0.1) is 0 Å². The molecule has 0 bridgehead atoms. The van der Waals surface area contributed by atoms with Crippen molar-refractivity contribution in [2.75, 3.05) is 13.1 Å². The first kappa shape index (κ1) is 32.2. The molecule has 0 fully saturated rings. The zero-order valence-electron chi connectivity index (χ0n) is 23.0. The first-order valence-electron chi connectivity index (χ1n) is 12.9. The number of terminal acetylenes is 1. The van der Waals surface area contributed by atoms with Gasteiger partial charge in [-0.15, -0.1) is 19.4 Å². The van der Waals surface area contributed by atoms with E-state index in [2.05, 4.69) is 95.8 Å². The van der Waals surface area contributed by atoms with E-state index in [1.807, 2.05) is 6.92 Å². The molecule has 0 radical (unpaired) electrons. The summed E-state index contributed by atoms with van der Waals surface area (Å²) >= 11 is 0. The number of nitrogens with one attached hydrogen (secondary N) is 1. The molecule has 35 heavy (non-hydrogen) atoms. The van der Waals surface area contributed by atoms with Gasteiger partial charge in [0.25, 0.3) is 0 Å². The minimum atomic E-state index is -0.907. The van der Waals surface area contributed by atoms with Crippen LogP contribution in [0.3, 0.4) is 0 Å². The average Bonchev–Trinajstić information content (AvgIpc) is 2.83. The highest BCUT2D eigenvalue weighted by Crippen LogP contribution is 2.27. The number of rotatable bonds is 15. The number of nitrogens with zero attached hydrogens (tertiary/aromatic N) is 1. The van der Waals surface area contributed by atoms with E-state index in [0.717, 1.165) is 19.3 Å². The Kier molecular flexibility index (Phi) is 16.2. The SMILES string of the molecule is C#C.C=CCC(=O)N(CCc1ccc(C)cc1)C(C)(CCC(C)/C=C\CC)C(=O)NCCC(C)C. The van der Waals surface area contributed by atoms with Crippen LogP contribution in [0.4, 0.5) is 0 Å². The fraction of sp³-hybridized carbons (Fsp3) is 0.548. The van der Waals surface area contributed by atoms with E-state index in [1.54, 1.807) is 11.0 Å². The number of hydrogen-bond donors (Lipinski definition) is 1. The molecular weight excluding hydrogens is 432 g/mol. The van der Waals surface area contributed by atoms with Gasteiger partial charge in [0, 0.05) is 19.5 Å². The lowest BCUT2D eigenvalue weighted by Gasteiger charge is -2.41. The molecule has 1 N–H and O–H groups in total. The van der Waals surface area contributed by atoms with Crippen molar-refractivity contribution >= 4 is 11.8 Å². The Labute approximate surface area is 215 Å². The van der Waals surface area contributed by atoms with Gasteiger partial charge in [-0.05, 0) is 63.4 Å². The topological polar surface area (TPSA) is 49.4 Å². The highest BCUT2D eigenvalue weighted by atomic mass is 16.2. The van der Waals surface area contributed by atoms with Crippen molar-refractivity contribution in [2.45, 2.75) is 85.6 Å². The van der Waals surface area contributed by atoms with Gasteiger partial charge >= 0.3 is 0 Å². The van der Waals surface area contributed by atoms with Gasteiger partial charge in [-0.3, -0.25) is 9.59 Å². The van der Waals surface area contributed by atoms with E-state index in [1.165, 1.54) is 11.1 Å². The first-order valence-corrected chi connectivity index (χ1v) is 12.9. The third-order valence-corrected chi connectivity index (χ3v) is 6.24. The summed E-state index contributed by atoms with van der Waals surface area (Å²) in [6, 6.07) is 8.38. The van der Waals surface area contributed by atoms with Crippen molar-refractivity contribution in [3.63, 3.8) is 0 Å². The van der Waals surface area contributed by atoms with Crippen LogP contribution in [0.1, 0.15) is 77.8 Å². The van der Waals surface area contributed by atoms with Gasteiger partial charge in [0.15, 0.2) is 0 Å². The molecule has 2 amide bonds. The number of carbonyl (C=O) groups is 2. The van der Waals surface area contributed by atoms with Crippen LogP contribution in [0.2, 0.25) is 0 Å². The van der Waals surface area contributed by atoms with E-state index in [-0.39, 0.29) is 18.2 Å². The number of carbonyl (C=O) groups excluding carboxylic acids is 2. The number of allylic oxidation sites excluding steroid dienone is 2. The zero-order chi connectivity index (χ0) is 26.9. The molecule has 1 aromatic rings. The van der Waals surface area contributed by atoms with Crippen molar-refractivity contribution in [1.82, 2.24) is 10.2 Å². The van der Waals surface area contributed by atoms with Gasteiger partial charge in [-0.25, -0.2) is 0 Å². The minimum absolute atomic E-state index is 0.0459. The number of benzene rings is 1. The normalized spacial score (nSPS) is 13.4. The zero-order valence-corrected chi connectivity index (χ0v) is 23.0. The van der Waals surface area contributed by atoms with Crippen LogP contribution in [0.25, 0.3) is 0 Å². The van der Waals surface area contributed by atoms with Gasteiger partial charge in [-0.2, -0.15) is 0 Å². The maximum Gasteiger partial charge on any atom is 0.245 e. The Morgan fingerprint density at radius 3 is 2.31 bits per heavy atom. The first-order chi connectivity index (χ1) is 16.6. The third-order valence-electron chi connectivity index (χ3n) is 6.24. The Hall–Kier alpha value is -2.80. The van der Waals surface area contributed by atoms with Crippen LogP contribution in [-0.4, -0.2) is 35.3 Å². The monoisotopic (exact) mass is 480 g/mol. The van der Waals surface area contributed by atoms with Crippen LogP contribution in [-0.2, 0) is 16.0 Å². The molecule has 194 valence electrons. The Morgan fingerprint density at radius 1 is 1.14 bits per heavy atom. The third kappa shape index (κ3) is 11.9. The Balaban J connectivity index is 0.00000562. The van der Waals surface area contributed by atoms with Crippen LogP contribution < -0.4 is 5.32 Å². The van der Waals surface area contributed by atoms with E-state index in [9.17, 15) is 9.59 Å². The van der Waals surface area contributed by atoms with Crippen molar-refractivity contribution in [2.24, 2.45) is 11.8 Å². The highest BCUT2D eigenvalue weighted by molar-refractivity contribution is 5.91. The molecule has 1 rings (SSSR count). The molecule has 4 heteroatoms. The molecule has 0 aliphatic rings. The smallest absolute Gasteiger partial charge is 0.245 e. The summed E-state index contributed by atoms with van der Waals surface area (Å²) in [6.07, 6.45) is 18.3. The van der Waals surface area contributed by atoms with E-state index < -0.39 is 5.54 Å². The Morgan fingerprint density at radius 2 is 1.77 bits per heavy atom. The Bertz CT molecular complexity index is 807. The van der Waals surface area contributed by atoms with Gasteiger partial charge in [-0.1, -0.05) is 75.8 Å². The van der Waals surface area contributed by atoms with Crippen molar-refractivity contribution in [3.8, 4) is 12.8 Å². The molecule has 0 aliphatic heterocycles. The fourth-order valence-electron chi connectivity index (χ4n) is 3.89. The molecule has 0 saturated carbocycles. The molecule has 4 nitrogen and oxygen atoms in total. The molecule has 1 aromatic carbocycles. The van der Waals surface area contributed by atoms with Crippen LogP contribution in [0.15, 0.2) is 49.1 Å². The molecule has 0 spiro atoms. The second-order valence-corrected chi connectivity index (χ2v) is 9.84. The van der Waals surface area contributed by atoms with Gasteiger partial charge in [0.2, 0.25) is 11.8 Å². The van der Waals surface area contributed by atoms with Crippen LogP contribution >= 0.6 is 0 Å². The summed E-state index contributed by atoms with van der Waals surface area (Å²) in [5, 5.41) is 3.13. The van der Waals surface area contributed by atoms with Crippen molar-refractivity contribution in [3.05, 3.63) is 60.2 Å². The largest absolute Gasteiger partial charge is 0.354 e. The van der Waals surface area contributed by atoms with E-state index in [0.29, 0.717) is 37.8 Å². The molecule has 2 unspecified atom stereocenters. The van der Waals surface area contributed by atoms with Crippen LogP contribution in [0, 0.1) is 31.6 Å².